The first kappa shape index (κ1) is 21.7. The maximum Gasteiger partial charge on any atom is 0.295 e. The molecule has 1 atom stereocenters. The van der Waals surface area contributed by atoms with Crippen LogP contribution in [0.4, 0.5) is 5.69 Å². The lowest BCUT2D eigenvalue weighted by molar-refractivity contribution is -0.384. The van der Waals surface area contributed by atoms with E-state index in [0.29, 0.717) is 19.6 Å². The monoisotopic (exact) mass is 430 g/mol. The van der Waals surface area contributed by atoms with Crippen molar-refractivity contribution in [1.82, 2.24) is 4.90 Å². The molecule has 3 rings (SSSR count). The Kier molecular flexibility index (Phi) is 6.63. The quantitative estimate of drug-likeness (QED) is 0.170. The average Bonchev–Trinajstić information content (AvgIpc) is 3.32. The number of thiophene rings is 1. The number of nitrogens with zero attached hydrogens (tertiary/aromatic N) is 2. The Morgan fingerprint density at radius 3 is 2.53 bits per heavy atom. The number of carbonyl (C=O) groups excluding carboxylic acids is 2. The molecular weight excluding hydrogens is 408 g/mol. The minimum Gasteiger partial charge on any atom is -0.507 e. The molecule has 1 aliphatic rings. The third kappa shape index (κ3) is 4.42. The second-order valence-electron chi connectivity index (χ2n) is 7.08. The van der Waals surface area contributed by atoms with Crippen LogP contribution in [0.3, 0.4) is 0 Å². The molecule has 1 amide bonds. The second-order valence-corrected chi connectivity index (χ2v) is 8.06. The number of aliphatic hydroxyl groups is 1. The van der Waals surface area contributed by atoms with Gasteiger partial charge >= 0.3 is 0 Å². The summed E-state index contributed by atoms with van der Waals surface area (Å²) in [5.74, 6) is -1.79. The number of rotatable bonds is 8. The topological polar surface area (TPSA) is 110 Å². The van der Waals surface area contributed by atoms with E-state index >= 15 is 0 Å². The van der Waals surface area contributed by atoms with E-state index in [-0.39, 0.29) is 28.7 Å². The summed E-state index contributed by atoms with van der Waals surface area (Å²) in [5.41, 5.74) is 0.0938. The smallest absolute Gasteiger partial charge is 0.295 e. The molecule has 158 valence electrons. The molecule has 1 N–H and O–H groups in total. The second kappa shape index (κ2) is 9.19. The van der Waals surface area contributed by atoms with E-state index in [9.17, 15) is 24.8 Å². The minimum absolute atomic E-state index is 0.0129. The van der Waals surface area contributed by atoms with Crippen molar-refractivity contribution in [3.63, 3.8) is 0 Å². The highest BCUT2D eigenvalue weighted by Crippen LogP contribution is 2.41. The molecule has 0 bridgehead atoms. The third-order valence-electron chi connectivity index (χ3n) is 4.70. The highest BCUT2D eigenvalue weighted by Gasteiger charge is 2.46. The first-order chi connectivity index (χ1) is 14.3. The summed E-state index contributed by atoms with van der Waals surface area (Å²) in [4.78, 5) is 38.1. The summed E-state index contributed by atoms with van der Waals surface area (Å²) in [5, 5.41) is 23.6. The molecule has 0 aliphatic carbocycles. The van der Waals surface area contributed by atoms with Crippen molar-refractivity contribution < 1.29 is 24.4 Å². The van der Waals surface area contributed by atoms with Crippen LogP contribution < -0.4 is 0 Å². The third-order valence-corrected chi connectivity index (χ3v) is 5.62. The van der Waals surface area contributed by atoms with E-state index in [1.54, 1.807) is 0 Å². The van der Waals surface area contributed by atoms with Crippen molar-refractivity contribution in [3.05, 3.63) is 67.9 Å². The predicted molar refractivity (Wildman–Crippen MR) is 112 cm³/mol. The summed E-state index contributed by atoms with van der Waals surface area (Å²) in [7, 11) is 0. The Hall–Kier alpha value is -3.04. The number of hydrogen-bond acceptors (Lipinski definition) is 7. The van der Waals surface area contributed by atoms with Crippen molar-refractivity contribution in [2.75, 3.05) is 13.2 Å². The highest BCUT2D eigenvalue weighted by atomic mass is 32.1. The van der Waals surface area contributed by atoms with Gasteiger partial charge in [-0.25, -0.2) is 0 Å². The van der Waals surface area contributed by atoms with E-state index in [4.69, 9.17) is 4.74 Å². The summed E-state index contributed by atoms with van der Waals surface area (Å²) in [6.07, 6.45) is 0.612. The number of carbonyl (C=O) groups is 2. The standard InChI is InChI=1S/C21H22N2O6S/c1-13(2)29-11-4-10-22-18(16-5-3-12-30-16)17(20(25)21(22)26)19(24)14-6-8-15(9-7-14)23(27)28/h3,5-9,12-13,18,24H,4,10-11H2,1-2H3/t18-/m0/s1. The van der Waals surface area contributed by atoms with Crippen LogP contribution in [-0.2, 0) is 14.3 Å². The van der Waals surface area contributed by atoms with Crippen LogP contribution in [-0.4, -0.2) is 45.9 Å². The molecule has 0 radical (unpaired) electrons. The van der Waals surface area contributed by atoms with Crippen LogP contribution >= 0.6 is 11.3 Å². The summed E-state index contributed by atoms with van der Waals surface area (Å²) < 4.78 is 5.53. The zero-order chi connectivity index (χ0) is 21.8. The fourth-order valence-corrected chi connectivity index (χ4v) is 4.15. The van der Waals surface area contributed by atoms with Gasteiger partial charge < -0.3 is 14.7 Å². The molecule has 1 fully saturated rings. The fourth-order valence-electron chi connectivity index (χ4n) is 3.30. The number of Topliss-reactive ketones (excluding diaryl/α,β-unsaturated/α-hetero) is 1. The highest BCUT2D eigenvalue weighted by molar-refractivity contribution is 7.10. The van der Waals surface area contributed by atoms with Gasteiger partial charge in [0.25, 0.3) is 17.4 Å². The Bertz CT molecular complexity index is 966. The number of nitro benzene ring substituents is 1. The van der Waals surface area contributed by atoms with Gasteiger partial charge in [0.1, 0.15) is 5.76 Å². The van der Waals surface area contributed by atoms with Crippen molar-refractivity contribution in [2.24, 2.45) is 0 Å². The Balaban J connectivity index is 1.97. The van der Waals surface area contributed by atoms with Gasteiger partial charge in [0.2, 0.25) is 0 Å². The van der Waals surface area contributed by atoms with Crippen LogP contribution in [0.25, 0.3) is 5.76 Å². The maximum absolute atomic E-state index is 12.8. The maximum atomic E-state index is 12.8. The summed E-state index contributed by atoms with van der Waals surface area (Å²) in [6, 6.07) is 8.13. The van der Waals surface area contributed by atoms with E-state index in [1.165, 1.54) is 40.5 Å². The number of benzene rings is 1. The zero-order valence-corrected chi connectivity index (χ0v) is 17.4. The van der Waals surface area contributed by atoms with Gasteiger partial charge in [-0.05, 0) is 43.8 Å². The average molecular weight is 430 g/mol. The molecule has 1 aromatic heterocycles. The number of ether oxygens (including phenoxy) is 1. The number of nitro groups is 1. The first-order valence-corrected chi connectivity index (χ1v) is 10.4. The van der Waals surface area contributed by atoms with Gasteiger partial charge in [0, 0.05) is 35.7 Å². The van der Waals surface area contributed by atoms with E-state index in [1.807, 2.05) is 31.4 Å². The molecule has 9 heteroatoms. The summed E-state index contributed by atoms with van der Waals surface area (Å²) >= 11 is 1.38. The molecule has 8 nitrogen and oxygen atoms in total. The Morgan fingerprint density at radius 2 is 1.97 bits per heavy atom. The normalized spacial score (nSPS) is 18.4. The van der Waals surface area contributed by atoms with Crippen LogP contribution in [0.15, 0.2) is 47.4 Å². The predicted octanol–water partition coefficient (Wildman–Crippen LogP) is 3.89. The Labute approximate surface area is 177 Å². The lowest BCUT2D eigenvalue weighted by atomic mass is 9.99. The number of amides is 1. The number of ketones is 1. The van der Waals surface area contributed by atoms with Gasteiger partial charge in [-0.3, -0.25) is 19.7 Å². The molecule has 2 heterocycles. The van der Waals surface area contributed by atoms with E-state index < -0.39 is 22.7 Å². The SMILES string of the molecule is CC(C)OCCCN1C(=O)C(=O)C(=C(O)c2ccc([N+](=O)[O-])cc2)[C@@H]1c1cccs1. The van der Waals surface area contributed by atoms with E-state index in [2.05, 4.69) is 0 Å². The lowest BCUT2D eigenvalue weighted by Crippen LogP contribution is -2.31. The van der Waals surface area contributed by atoms with Crippen LogP contribution in [0, 0.1) is 10.1 Å². The summed E-state index contributed by atoms with van der Waals surface area (Å²) in [6.45, 7) is 4.58. The van der Waals surface area contributed by atoms with Gasteiger partial charge in [-0.1, -0.05) is 6.07 Å². The molecule has 2 aromatic rings. The molecule has 0 spiro atoms. The minimum atomic E-state index is -0.769. The van der Waals surface area contributed by atoms with Gasteiger partial charge in [0.05, 0.1) is 22.6 Å². The molecular formula is C21H22N2O6S. The molecule has 0 unspecified atom stereocenters. The lowest BCUT2D eigenvalue weighted by Gasteiger charge is -2.24. The van der Waals surface area contributed by atoms with Crippen molar-refractivity contribution >= 4 is 34.5 Å². The van der Waals surface area contributed by atoms with Gasteiger partial charge in [0.15, 0.2) is 0 Å². The zero-order valence-electron chi connectivity index (χ0n) is 16.6. The number of likely N-dealkylation sites (tertiary alicyclic amines) is 1. The van der Waals surface area contributed by atoms with Crippen molar-refractivity contribution in [2.45, 2.75) is 32.4 Å². The van der Waals surface area contributed by atoms with E-state index in [0.717, 1.165) is 4.88 Å². The number of aliphatic hydroxyl groups excluding tert-OH is 1. The number of non-ortho nitro benzene ring substituents is 1. The van der Waals surface area contributed by atoms with Crippen molar-refractivity contribution in [3.8, 4) is 0 Å². The fraction of sp³-hybridized carbons (Fsp3) is 0.333. The van der Waals surface area contributed by atoms with Crippen LogP contribution in [0.1, 0.15) is 36.8 Å². The largest absolute Gasteiger partial charge is 0.507 e. The molecule has 1 saturated heterocycles. The van der Waals surface area contributed by atoms with Crippen LogP contribution in [0.5, 0.6) is 0 Å². The van der Waals surface area contributed by atoms with Crippen LogP contribution in [0.2, 0.25) is 0 Å². The molecule has 30 heavy (non-hydrogen) atoms. The number of hydrogen-bond donors (Lipinski definition) is 1. The van der Waals surface area contributed by atoms with Gasteiger partial charge in [-0.2, -0.15) is 0 Å². The molecule has 0 saturated carbocycles. The molecule has 1 aliphatic heterocycles. The molecule has 1 aromatic carbocycles. The Morgan fingerprint density at radius 1 is 1.27 bits per heavy atom. The van der Waals surface area contributed by atoms with Crippen molar-refractivity contribution in [1.29, 1.82) is 0 Å². The van der Waals surface area contributed by atoms with Gasteiger partial charge in [-0.15, -0.1) is 11.3 Å². The first-order valence-electron chi connectivity index (χ1n) is 9.49.